The average Bonchev–Trinajstić information content (AvgIpc) is 2.85. The van der Waals surface area contributed by atoms with Gasteiger partial charge in [-0.25, -0.2) is 4.79 Å². The lowest BCUT2D eigenvalue weighted by molar-refractivity contribution is 0.0397. The third-order valence-corrected chi connectivity index (χ3v) is 6.60. The quantitative estimate of drug-likeness (QED) is 0.728. The van der Waals surface area contributed by atoms with Crippen LogP contribution in [0.4, 0.5) is 4.79 Å². The Labute approximate surface area is 194 Å². The maximum Gasteiger partial charge on any atom is 0.320 e. The van der Waals surface area contributed by atoms with Gasteiger partial charge in [0, 0.05) is 36.8 Å². The summed E-state index contributed by atoms with van der Waals surface area (Å²) in [7, 11) is 0. The molecule has 2 saturated heterocycles. The number of amides is 3. The van der Waals surface area contributed by atoms with Crippen molar-refractivity contribution in [2.24, 2.45) is 5.92 Å². The molecule has 0 spiro atoms. The molecule has 2 aromatic carbocycles. The van der Waals surface area contributed by atoms with Crippen molar-refractivity contribution in [2.75, 3.05) is 39.4 Å². The van der Waals surface area contributed by atoms with Gasteiger partial charge in [-0.15, -0.1) is 0 Å². The molecular weight excluding hydrogens is 426 g/mol. The molecule has 1 N–H and O–H groups in total. The van der Waals surface area contributed by atoms with Gasteiger partial charge in [0.05, 0.1) is 19.3 Å². The molecule has 7 heteroatoms. The van der Waals surface area contributed by atoms with E-state index in [1.807, 2.05) is 28.0 Å². The van der Waals surface area contributed by atoms with Crippen LogP contribution < -0.4 is 5.32 Å². The van der Waals surface area contributed by atoms with Crippen LogP contribution in [0.25, 0.3) is 0 Å². The maximum absolute atomic E-state index is 12.9. The maximum atomic E-state index is 12.9. The molecule has 0 aliphatic carbocycles. The molecule has 0 bridgehead atoms. The van der Waals surface area contributed by atoms with Gasteiger partial charge in [0.1, 0.15) is 0 Å². The van der Waals surface area contributed by atoms with Crippen LogP contribution in [-0.4, -0.2) is 61.1 Å². The number of benzene rings is 2. The van der Waals surface area contributed by atoms with Crippen LogP contribution in [0.2, 0.25) is 5.02 Å². The van der Waals surface area contributed by atoms with Crippen LogP contribution in [0.5, 0.6) is 0 Å². The number of piperidine rings is 1. The topological polar surface area (TPSA) is 61.9 Å². The highest BCUT2D eigenvalue weighted by molar-refractivity contribution is 6.30. The summed E-state index contributed by atoms with van der Waals surface area (Å²) in [6.45, 7) is 4.10. The van der Waals surface area contributed by atoms with Gasteiger partial charge >= 0.3 is 6.03 Å². The van der Waals surface area contributed by atoms with Gasteiger partial charge in [-0.1, -0.05) is 41.9 Å². The number of urea groups is 1. The van der Waals surface area contributed by atoms with Crippen molar-refractivity contribution in [2.45, 2.75) is 25.3 Å². The second-order valence-corrected chi connectivity index (χ2v) is 8.93. The van der Waals surface area contributed by atoms with Crippen molar-refractivity contribution in [3.63, 3.8) is 0 Å². The normalized spacial score (nSPS) is 18.3. The number of ether oxygens (including phenoxy) is 1. The fourth-order valence-corrected chi connectivity index (χ4v) is 4.58. The number of halogens is 1. The summed E-state index contributed by atoms with van der Waals surface area (Å²) in [6, 6.07) is 17.1. The predicted molar refractivity (Wildman–Crippen MR) is 125 cm³/mol. The molecule has 2 aliphatic rings. The number of rotatable bonds is 5. The predicted octanol–water partition coefficient (Wildman–Crippen LogP) is 4.37. The molecule has 2 fully saturated rings. The summed E-state index contributed by atoms with van der Waals surface area (Å²) in [5.41, 5.74) is 1.70. The highest BCUT2D eigenvalue weighted by Gasteiger charge is 2.29. The zero-order chi connectivity index (χ0) is 22.3. The largest absolute Gasteiger partial charge is 0.378 e. The van der Waals surface area contributed by atoms with Gasteiger partial charge in [0.25, 0.3) is 5.91 Å². The fourth-order valence-electron chi connectivity index (χ4n) is 4.45. The Bertz CT molecular complexity index is 892. The van der Waals surface area contributed by atoms with E-state index < -0.39 is 0 Å². The van der Waals surface area contributed by atoms with Gasteiger partial charge in [-0.05, 0) is 55.0 Å². The monoisotopic (exact) mass is 455 g/mol. The van der Waals surface area contributed by atoms with Crippen LogP contribution in [-0.2, 0) is 4.74 Å². The second kappa shape index (κ2) is 10.8. The highest BCUT2D eigenvalue weighted by atomic mass is 35.5. The average molecular weight is 456 g/mol. The van der Waals surface area contributed by atoms with Crippen molar-refractivity contribution in [1.82, 2.24) is 15.1 Å². The lowest BCUT2D eigenvalue weighted by atomic mass is 9.87. The molecule has 2 aliphatic heterocycles. The molecule has 32 heavy (non-hydrogen) atoms. The first kappa shape index (κ1) is 22.6. The molecule has 0 aromatic heterocycles. The van der Waals surface area contributed by atoms with Crippen LogP contribution in [0.3, 0.4) is 0 Å². The molecule has 1 atom stereocenters. The summed E-state index contributed by atoms with van der Waals surface area (Å²) in [5.74, 6) is 0.343. The summed E-state index contributed by atoms with van der Waals surface area (Å²) in [5, 5.41) is 3.83. The van der Waals surface area contributed by atoms with Crippen LogP contribution in [0.15, 0.2) is 54.6 Å². The Hall–Kier alpha value is -2.57. The van der Waals surface area contributed by atoms with E-state index in [9.17, 15) is 9.59 Å². The van der Waals surface area contributed by atoms with Crippen molar-refractivity contribution < 1.29 is 14.3 Å². The van der Waals surface area contributed by atoms with Crippen LogP contribution >= 0.6 is 11.6 Å². The second-order valence-electron chi connectivity index (χ2n) is 8.49. The first-order valence-corrected chi connectivity index (χ1v) is 11.7. The molecule has 6 nitrogen and oxygen atoms in total. The minimum atomic E-state index is -0.101. The molecular formula is C25H30ClN3O3. The number of nitrogens with zero attached hydrogens (tertiary/aromatic N) is 2. The Morgan fingerprint density at radius 3 is 2.22 bits per heavy atom. The zero-order valence-corrected chi connectivity index (χ0v) is 19.0. The van der Waals surface area contributed by atoms with E-state index in [4.69, 9.17) is 16.3 Å². The smallest absolute Gasteiger partial charge is 0.320 e. The molecule has 2 aromatic rings. The van der Waals surface area contributed by atoms with Gasteiger partial charge < -0.3 is 19.9 Å². The van der Waals surface area contributed by atoms with Gasteiger partial charge in [-0.2, -0.15) is 0 Å². The van der Waals surface area contributed by atoms with E-state index >= 15 is 0 Å². The first-order valence-electron chi connectivity index (χ1n) is 11.3. The lowest BCUT2D eigenvalue weighted by Crippen LogP contribution is -2.50. The third kappa shape index (κ3) is 5.81. The van der Waals surface area contributed by atoms with Gasteiger partial charge in [0.15, 0.2) is 0 Å². The van der Waals surface area contributed by atoms with Crippen LogP contribution in [0.1, 0.15) is 41.2 Å². The van der Waals surface area contributed by atoms with Crippen LogP contribution in [0, 0.1) is 5.92 Å². The molecule has 2 heterocycles. The van der Waals surface area contributed by atoms with Gasteiger partial charge in [0.2, 0.25) is 0 Å². The number of hydrogen-bond donors (Lipinski definition) is 1. The van der Waals surface area contributed by atoms with Crippen molar-refractivity contribution in [3.8, 4) is 0 Å². The lowest BCUT2D eigenvalue weighted by Gasteiger charge is -2.38. The van der Waals surface area contributed by atoms with Gasteiger partial charge in [-0.3, -0.25) is 4.79 Å². The van der Waals surface area contributed by atoms with E-state index in [0.29, 0.717) is 42.8 Å². The molecule has 0 saturated carbocycles. The SMILES string of the molecule is O=C(NC(CC1CCN(C(=O)N2CCOCC2)CC1)c1ccccc1)c1ccc(Cl)cc1. The molecule has 0 radical (unpaired) electrons. The number of likely N-dealkylation sites (tertiary alicyclic amines) is 1. The Balaban J connectivity index is 1.37. The van der Waals surface area contributed by atoms with E-state index in [1.165, 1.54) is 0 Å². The van der Waals surface area contributed by atoms with E-state index in [-0.39, 0.29) is 18.0 Å². The van der Waals surface area contributed by atoms with E-state index in [0.717, 1.165) is 37.9 Å². The van der Waals surface area contributed by atoms with Crippen molar-refractivity contribution >= 4 is 23.5 Å². The first-order chi connectivity index (χ1) is 15.6. The third-order valence-electron chi connectivity index (χ3n) is 6.35. The number of nitrogens with one attached hydrogen (secondary N) is 1. The number of carbonyl (C=O) groups excluding carboxylic acids is 2. The number of morpholine rings is 1. The standard InChI is InChI=1S/C25H30ClN3O3/c26-22-8-6-21(7-9-22)24(30)27-23(20-4-2-1-3-5-20)18-19-10-12-28(13-11-19)25(31)29-14-16-32-17-15-29/h1-9,19,23H,10-18H2,(H,27,30). The summed E-state index contributed by atoms with van der Waals surface area (Å²) >= 11 is 5.96. The Morgan fingerprint density at radius 2 is 1.56 bits per heavy atom. The van der Waals surface area contributed by atoms with Crippen molar-refractivity contribution in [3.05, 3.63) is 70.7 Å². The summed E-state index contributed by atoms with van der Waals surface area (Å²) in [4.78, 5) is 29.5. The van der Waals surface area contributed by atoms with E-state index in [1.54, 1.807) is 24.3 Å². The molecule has 170 valence electrons. The van der Waals surface area contributed by atoms with Crippen molar-refractivity contribution in [1.29, 1.82) is 0 Å². The minimum Gasteiger partial charge on any atom is -0.378 e. The molecule has 3 amide bonds. The Morgan fingerprint density at radius 1 is 0.938 bits per heavy atom. The molecule has 1 unspecified atom stereocenters. The fraction of sp³-hybridized carbons (Fsp3) is 0.440. The minimum absolute atomic E-state index is 0.0779. The number of hydrogen-bond acceptors (Lipinski definition) is 3. The zero-order valence-electron chi connectivity index (χ0n) is 18.2. The van der Waals surface area contributed by atoms with E-state index in [2.05, 4.69) is 17.4 Å². The summed E-state index contributed by atoms with van der Waals surface area (Å²) < 4.78 is 5.36. The molecule has 4 rings (SSSR count). The Kier molecular flexibility index (Phi) is 7.66. The highest BCUT2D eigenvalue weighted by Crippen LogP contribution is 2.29. The summed E-state index contributed by atoms with van der Waals surface area (Å²) in [6.07, 6.45) is 2.73. The number of carbonyl (C=O) groups is 2.